The molecule has 0 amide bonds. The van der Waals surface area contributed by atoms with Gasteiger partial charge in [-0.25, -0.2) is 0 Å². The summed E-state index contributed by atoms with van der Waals surface area (Å²) in [6, 6.07) is -8.09. The van der Waals surface area contributed by atoms with Crippen molar-refractivity contribution in [2.24, 2.45) is 81.0 Å². The van der Waals surface area contributed by atoms with Crippen molar-refractivity contribution in [1.82, 2.24) is 0 Å². The number of ether oxygens (including phenoxy) is 12. The van der Waals surface area contributed by atoms with Gasteiger partial charge in [0, 0.05) is 36.8 Å². The number of rotatable bonds is 22. The molecule has 0 aromatic heterocycles. The van der Waals surface area contributed by atoms with Crippen LogP contribution in [0.5, 0.6) is 0 Å². The lowest BCUT2D eigenvalue weighted by molar-refractivity contribution is -0.319. The van der Waals surface area contributed by atoms with E-state index in [1.54, 1.807) is 34.6 Å². The van der Waals surface area contributed by atoms with Gasteiger partial charge in [0.05, 0.1) is 75.0 Å². The maximum Gasteiger partial charge on any atom is 0.187 e. The summed E-state index contributed by atoms with van der Waals surface area (Å²) in [6.45, 7) is 5.64. The summed E-state index contributed by atoms with van der Waals surface area (Å²) in [4.78, 5) is 0. The third-order valence-electron chi connectivity index (χ3n) is 23.4. The molecule has 678 valence electrons. The van der Waals surface area contributed by atoms with E-state index >= 15 is 0 Å². The molecule has 4 aliphatic carbocycles. The fourth-order valence-electron chi connectivity index (χ4n) is 15.9. The Hall–Kier alpha value is -1.92. The molecule has 6 saturated heterocycles. The number of nitrogens with two attached hydrogens (primary N) is 10. The predicted molar refractivity (Wildman–Crippen MR) is 383 cm³/mol. The molecule has 0 bridgehead atoms. The lowest BCUT2D eigenvalue weighted by Crippen LogP contribution is -2.67. The Morgan fingerprint density at radius 1 is 0.278 bits per heavy atom. The maximum absolute atomic E-state index is 10.9. The molecule has 48 nitrogen and oxygen atoms in total. The fraction of sp³-hybridized carbons (Fsp3) is 1.00. The molecule has 6 heterocycles. The molecule has 6 aliphatic heterocycles. The topological polar surface area (TPSA) is 897 Å². The van der Waals surface area contributed by atoms with Gasteiger partial charge in [-0.2, -0.15) is 0 Å². The Bertz CT molecular complexity index is 2770. The van der Waals surface area contributed by atoms with Crippen LogP contribution in [0, 0.1) is 23.7 Å². The van der Waals surface area contributed by atoms with Gasteiger partial charge in [0.15, 0.2) is 37.7 Å². The highest BCUT2D eigenvalue weighted by molar-refractivity contribution is 5.05. The van der Waals surface area contributed by atoms with Gasteiger partial charge in [-0.1, -0.05) is 27.7 Å². The Kier molecular flexibility index (Phi) is 38.0. The van der Waals surface area contributed by atoms with Gasteiger partial charge >= 0.3 is 0 Å². The van der Waals surface area contributed by atoms with Crippen LogP contribution in [0.15, 0.2) is 0 Å². The summed E-state index contributed by atoms with van der Waals surface area (Å²) < 4.78 is 67.6. The van der Waals surface area contributed by atoms with E-state index in [2.05, 4.69) is 0 Å². The number of hydrogen-bond donors (Lipinski definition) is 36. The molecule has 46 N–H and O–H groups in total. The first kappa shape index (κ1) is 100. The quantitative estimate of drug-likeness (QED) is 0.0479. The summed E-state index contributed by atoms with van der Waals surface area (Å²) >= 11 is 0. The fourth-order valence-corrected chi connectivity index (χ4v) is 15.9. The summed E-state index contributed by atoms with van der Waals surface area (Å²) in [5.74, 6) is -1.08. The van der Waals surface area contributed by atoms with E-state index in [-0.39, 0.29) is 30.2 Å². The first-order chi connectivity index (χ1) is 53.8. The van der Waals surface area contributed by atoms with E-state index in [9.17, 15) is 123 Å². The molecule has 4 saturated carbocycles. The minimum Gasteiger partial charge on any atom is -0.394 e. The van der Waals surface area contributed by atoms with E-state index in [0.29, 0.717) is 25.7 Å². The van der Waals surface area contributed by atoms with Crippen LogP contribution in [-0.2, 0) is 56.8 Å². The zero-order valence-electron chi connectivity index (χ0n) is 64.3. The van der Waals surface area contributed by atoms with Crippen LogP contribution in [0.2, 0.25) is 0 Å². The number of aliphatic hydroxyl groups is 26. The largest absolute Gasteiger partial charge is 0.394 e. The monoisotopic (exact) mass is 1680 g/mol. The van der Waals surface area contributed by atoms with Crippen molar-refractivity contribution in [3.63, 3.8) is 0 Å². The van der Waals surface area contributed by atoms with Crippen molar-refractivity contribution in [3.05, 3.63) is 0 Å². The molecular formula is C67H132N10O38. The summed E-state index contributed by atoms with van der Waals surface area (Å²) in [6.07, 6.45) is -50.9. The molecule has 0 aromatic rings. The number of hydrogen-bond acceptors (Lipinski definition) is 48. The Balaban J connectivity index is 0.000000215. The van der Waals surface area contributed by atoms with Crippen LogP contribution in [0.25, 0.3) is 0 Å². The highest BCUT2D eigenvalue weighted by Crippen LogP contribution is 2.40. The zero-order valence-corrected chi connectivity index (χ0v) is 64.3. The van der Waals surface area contributed by atoms with Crippen molar-refractivity contribution in [2.45, 2.75) is 360 Å². The van der Waals surface area contributed by atoms with Crippen LogP contribution in [-0.4, -0.2) is 465 Å². The van der Waals surface area contributed by atoms with Crippen molar-refractivity contribution < 1.29 is 190 Å². The highest BCUT2D eigenvalue weighted by atomic mass is 16.8. The SMILES string of the molecule is C[C@@H]1CC(N)[C@@H](O[C@H]2OC([C@@H](O)CO)[C@@H](O)[C@H](O)C2N)[C@H](O)C1O.C[C@@H]1CC(N)[C@@H](O[C@H]2OC([C@H](O)CO)[C@@H](O)[C@H](O)C2N)[C@H](O)C1O.C[C@@H]1CC(N)[C@@H](O[C@H]2OC([C@H](O)CO)[C@@H](O)[C@H](O)C2N)[C@H](O[C@@H]2O[C@H](CN)[C@H](O)C2O)C1O.C[C@@H]1CC(N)[C@@H](O[C@H]2OC([C@H](O)CO)[C@@H](O)[C@H](O)C2N)[C@H](O[C@@H]2O[C@H]([C@H](C)N)[C@H](O)C2O)C1O. The van der Waals surface area contributed by atoms with Gasteiger partial charge in [-0.15, -0.1) is 0 Å². The van der Waals surface area contributed by atoms with Crippen molar-refractivity contribution in [2.75, 3.05) is 33.0 Å². The molecule has 10 rings (SSSR count). The first-order valence-electron chi connectivity index (χ1n) is 38.5. The summed E-state index contributed by atoms with van der Waals surface area (Å²) in [5, 5.41) is 260. The van der Waals surface area contributed by atoms with Crippen molar-refractivity contribution in [1.29, 1.82) is 0 Å². The van der Waals surface area contributed by atoms with E-state index in [0.717, 1.165) is 0 Å². The molecule has 0 spiro atoms. The second-order valence-electron chi connectivity index (χ2n) is 32.2. The molecule has 115 heavy (non-hydrogen) atoms. The van der Waals surface area contributed by atoms with Gasteiger partial charge < -0.3 is 247 Å². The Morgan fingerprint density at radius 3 is 0.757 bits per heavy atom. The average Bonchev–Trinajstić information content (AvgIpc) is 1.71. The molecule has 10 aliphatic rings. The van der Waals surface area contributed by atoms with Crippen LogP contribution in [0.3, 0.4) is 0 Å². The molecular weight excluding hydrogens is 1550 g/mol. The van der Waals surface area contributed by atoms with Crippen molar-refractivity contribution >= 4 is 0 Å². The van der Waals surface area contributed by atoms with E-state index in [1.807, 2.05) is 0 Å². The normalized spacial score (nSPS) is 51.7. The summed E-state index contributed by atoms with van der Waals surface area (Å²) in [5.41, 5.74) is 59.4. The molecule has 10 fully saturated rings. The highest BCUT2D eigenvalue weighted by Gasteiger charge is 2.58. The van der Waals surface area contributed by atoms with Crippen LogP contribution in [0.1, 0.15) is 60.3 Å². The van der Waals surface area contributed by atoms with Gasteiger partial charge in [0.25, 0.3) is 0 Å². The van der Waals surface area contributed by atoms with E-state index in [4.69, 9.17) is 124 Å². The van der Waals surface area contributed by atoms with Crippen molar-refractivity contribution in [3.8, 4) is 0 Å². The van der Waals surface area contributed by atoms with Gasteiger partial charge in [-0.3, -0.25) is 0 Å². The van der Waals surface area contributed by atoms with Crippen LogP contribution in [0.4, 0.5) is 0 Å². The van der Waals surface area contributed by atoms with Gasteiger partial charge in [0.2, 0.25) is 0 Å². The predicted octanol–water partition coefficient (Wildman–Crippen LogP) is -20.4. The third kappa shape index (κ3) is 22.8. The van der Waals surface area contributed by atoms with Crippen LogP contribution < -0.4 is 57.3 Å². The van der Waals surface area contributed by atoms with Gasteiger partial charge in [0.1, 0.15) is 183 Å². The standard InChI is InChI=1S/C20H39N3O11.C19H37N3O11.2C14H28N2O8/c1-5-3-7(22)16(32-19-9(23)11(27)12(28)17(33-19)8(25)4-24)18(10(5)26)34-20-14(30)13(29)15(31-20)6(2)21;1-5-2-6(21)15(17(10(5)25)33-19-14(29)11(26)8(3-20)30-19)31-18-9(22)12(27)13(28)16(32-18)7(24)4-23;2*1-4-2-5(15)12(10(21)8(4)19)23-14-7(16)9(20)11(22)13(24-14)6(18)3-17/h5-20,24-30H,3-4,21-23H2,1-2H3;5-19,23-29H,2-4,20-22H2,1H3;2*4-14,17-22H,2-3,15-16H2,1H3/t5-,6+,7?,8-,9?,10?,11-,12+,13-,14?,15-,16-,17?,18-,19+,20+;5-,6?,7-,8-,9?,10?,11+,12-,13+,14?,15-,16?,17-,18+,19+;4-,5?,6+,7?,8?,9-,10-,11+,12-,13?,14+;4-,5?,6-,7?,8?,9-,10-,11+,12-,13?,14+/m1111/s1. The maximum atomic E-state index is 10.9. The Morgan fingerprint density at radius 2 is 0.504 bits per heavy atom. The minimum absolute atomic E-state index is 0.0687. The average molecular weight is 1690 g/mol. The Labute approximate surface area is 661 Å². The van der Waals surface area contributed by atoms with Crippen LogP contribution >= 0.6 is 0 Å². The third-order valence-corrected chi connectivity index (χ3v) is 23.4. The minimum atomic E-state index is -1.59. The lowest BCUT2D eigenvalue weighted by atomic mass is 9.80. The molecule has 18 unspecified atom stereocenters. The second-order valence-corrected chi connectivity index (χ2v) is 32.2. The molecule has 53 atom stereocenters. The van der Waals surface area contributed by atoms with E-state index < -0.39 is 326 Å². The molecule has 0 radical (unpaired) electrons. The first-order valence-corrected chi connectivity index (χ1v) is 38.5. The van der Waals surface area contributed by atoms with E-state index in [1.165, 1.54) is 0 Å². The molecule has 48 heteroatoms. The smallest absolute Gasteiger partial charge is 0.187 e. The lowest BCUT2D eigenvalue weighted by Gasteiger charge is -2.48. The number of aliphatic hydroxyl groups excluding tert-OH is 26. The molecule has 0 aromatic carbocycles. The summed E-state index contributed by atoms with van der Waals surface area (Å²) in [7, 11) is 0. The zero-order chi connectivity index (χ0) is 86.4. The van der Waals surface area contributed by atoms with Gasteiger partial charge in [-0.05, 0) is 56.3 Å². The second kappa shape index (κ2) is 43.6.